The van der Waals surface area contributed by atoms with Crippen molar-refractivity contribution in [2.45, 2.75) is 45.6 Å². The number of ether oxygens (including phenoxy) is 1. The lowest BCUT2D eigenvalue weighted by molar-refractivity contribution is -0.177. The molecule has 1 saturated carbocycles. The van der Waals surface area contributed by atoms with Crippen LogP contribution in [0.15, 0.2) is 23.8 Å². The number of allylic oxidation sites excluding steroid dienone is 3. The minimum atomic E-state index is -1.31. The molecule has 0 aromatic heterocycles. The highest BCUT2D eigenvalue weighted by molar-refractivity contribution is 6.14. The zero-order valence-corrected chi connectivity index (χ0v) is 12.1. The second-order valence-electron chi connectivity index (χ2n) is 5.37. The quantitative estimate of drug-likeness (QED) is 0.742. The molecule has 3 atom stereocenters. The summed E-state index contributed by atoms with van der Waals surface area (Å²) in [4.78, 5) is 36.9. The van der Waals surface area contributed by atoms with E-state index < -0.39 is 17.5 Å². The van der Waals surface area contributed by atoms with E-state index in [1.165, 1.54) is 6.92 Å². The number of hydrogen-bond acceptors (Lipinski definition) is 4. The van der Waals surface area contributed by atoms with Gasteiger partial charge in [0.25, 0.3) is 0 Å². The number of ketones is 2. The van der Waals surface area contributed by atoms with Gasteiger partial charge in [-0.15, -0.1) is 0 Å². The van der Waals surface area contributed by atoms with E-state index in [0.29, 0.717) is 24.8 Å². The first-order chi connectivity index (χ1) is 9.47. The van der Waals surface area contributed by atoms with Crippen LogP contribution in [-0.4, -0.2) is 23.1 Å². The standard InChI is InChI=1S/C16H20O4/c1-4-13-14(18)11-8-6-7-9-12(11)15(19)16(13,5-2)20-10(3)17/h6-7,9,11,13H,4-5,8H2,1-3H3. The van der Waals surface area contributed by atoms with E-state index in [1.54, 1.807) is 19.1 Å². The number of Topliss-reactive ketones (excluding diaryl/α,β-unsaturated/α-hetero) is 2. The van der Waals surface area contributed by atoms with Crippen molar-refractivity contribution in [3.8, 4) is 0 Å². The fraction of sp³-hybridized carbons (Fsp3) is 0.562. The van der Waals surface area contributed by atoms with Crippen molar-refractivity contribution in [3.05, 3.63) is 23.8 Å². The monoisotopic (exact) mass is 276 g/mol. The Morgan fingerprint density at radius 2 is 2.10 bits per heavy atom. The van der Waals surface area contributed by atoms with Gasteiger partial charge in [0.1, 0.15) is 5.78 Å². The molecule has 0 radical (unpaired) electrons. The Hall–Kier alpha value is -1.71. The van der Waals surface area contributed by atoms with Gasteiger partial charge in [-0.3, -0.25) is 14.4 Å². The molecular weight excluding hydrogens is 256 g/mol. The molecule has 3 unspecified atom stereocenters. The lowest BCUT2D eigenvalue weighted by Gasteiger charge is -2.44. The molecule has 4 heteroatoms. The molecule has 1 fully saturated rings. The normalized spacial score (nSPS) is 32.6. The number of fused-ring (bicyclic) bond motifs is 1. The summed E-state index contributed by atoms with van der Waals surface area (Å²) in [5.41, 5.74) is -0.823. The first-order valence-electron chi connectivity index (χ1n) is 7.12. The SMILES string of the molecule is CCC1C(=O)C2CC=CC=C2C(=O)C1(CC)OC(C)=O. The van der Waals surface area contributed by atoms with E-state index in [0.717, 1.165) is 0 Å². The fourth-order valence-electron chi connectivity index (χ4n) is 3.39. The third-order valence-corrected chi connectivity index (χ3v) is 4.31. The van der Waals surface area contributed by atoms with Gasteiger partial charge >= 0.3 is 5.97 Å². The highest BCUT2D eigenvalue weighted by Crippen LogP contribution is 2.43. The molecule has 0 heterocycles. The third-order valence-electron chi connectivity index (χ3n) is 4.31. The zero-order valence-electron chi connectivity index (χ0n) is 12.1. The van der Waals surface area contributed by atoms with Crippen LogP contribution in [0.4, 0.5) is 0 Å². The molecule has 2 rings (SSSR count). The van der Waals surface area contributed by atoms with Gasteiger partial charge in [-0.1, -0.05) is 32.1 Å². The van der Waals surface area contributed by atoms with E-state index in [4.69, 9.17) is 4.74 Å². The molecule has 108 valence electrons. The zero-order chi connectivity index (χ0) is 14.9. The van der Waals surface area contributed by atoms with Crippen molar-refractivity contribution >= 4 is 17.5 Å². The van der Waals surface area contributed by atoms with Crippen molar-refractivity contribution in [1.82, 2.24) is 0 Å². The lowest BCUT2D eigenvalue weighted by atomic mass is 9.63. The van der Waals surface area contributed by atoms with Gasteiger partial charge in [0.15, 0.2) is 5.60 Å². The fourth-order valence-corrected chi connectivity index (χ4v) is 3.39. The number of rotatable bonds is 3. The molecule has 0 bridgehead atoms. The Morgan fingerprint density at radius 3 is 2.65 bits per heavy atom. The summed E-state index contributed by atoms with van der Waals surface area (Å²) in [6.45, 7) is 4.93. The molecule has 4 nitrogen and oxygen atoms in total. The van der Waals surface area contributed by atoms with E-state index in [-0.39, 0.29) is 17.5 Å². The summed E-state index contributed by atoms with van der Waals surface area (Å²) in [7, 11) is 0. The van der Waals surface area contributed by atoms with Crippen LogP contribution in [0.3, 0.4) is 0 Å². The first kappa shape index (κ1) is 14.7. The van der Waals surface area contributed by atoms with Crippen LogP contribution < -0.4 is 0 Å². The van der Waals surface area contributed by atoms with Crippen LogP contribution in [0.2, 0.25) is 0 Å². The van der Waals surface area contributed by atoms with Crippen LogP contribution >= 0.6 is 0 Å². The summed E-state index contributed by atoms with van der Waals surface area (Å²) in [5.74, 6) is -1.61. The van der Waals surface area contributed by atoms with Crippen LogP contribution in [-0.2, 0) is 19.1 Å². The minimum Gasteiger partial charge on any atom is -0.450 e. The van der Waals surface area contributed by atoms with Crippen molar-refractivity contribution < 1.29 is 19.1 Å². The van der Waals surface area contributed by atoms with E-state index in [1.807, 2.05) is 13.0 Å². The Bertz CT molecular complexity index is 515. The molecule has 0 N–H and O–H groups in total. The maximum absolute atomic E-state index is 12.8. The van der Waals surface area contributed by atoms with Gasteiger partial charge in [-0.05, 0) is 19.3 Å². The van der Waals surface area contributed by atoms with Gasteiger partial charge < -0.3 is 4.74 Å². The van der Waals surface area contributed by atoms with Crippen LogP contribution in [0.5, 0.6) is 0 Å². The highest BCUT2D eigenvalue weighted by atomic mass is 16.6. The van der Waals surface area contributed by atoms with E-state index in [9.17, 15) is 14.4 Å². The number of carbonyl (C=O) groups is 3. The molecule has 0 saturated heterocycles. The second kappa shape index (κ2) is 5.35. The Kier molecular flexibility index (Phi) is 3.93. The molecule has 0 aliphatic heterocycles. The number of hydrogen-bond donors (Lipinski definition) is 0. The second-order valence-corrected chi connectivity index (χ2v) is 5.37. The van der Waals surface area contributed by atoms with Gasteiger partial charge in [0.05, 0.1) is 11.8 Å². The molecule has 0 aromatic rings. The average molecular weight is 276 g/mol. The van der Waals surface area contributed by atoms with E-state index >= 15 is 0 Å². The van der Waals surface area contributed by atoms with Crippen LogP contribution in [0, 0.1) is 11.8 Å². The molecule has 0 spiro atoms. The van der Waals surface area contributed by atoms with Crippen molar-refractivity contribution in [1.29, 1.82) is 0 Å². The summed E-state index contributed by atoms with van der Waals surface area (Å²) in [5, 5.41) is 0. The highest BCUT2D eigenvalue weighted by Gasteiger charge is 2.57. The number of esters is 1. The van der Waals surface area contributed by atoms with Crippen molar-refractivity contribution in [2.24, 2.45) is 11.8 Å². The topological polar surface area (TPSA) is 60.4 Å². The van der Waals surface area contributed by atoms with Gasteiger partial charge in [-0.25, -0.2) is 0 Å². The smallest absolute Gasteiger partial charge is 0.303 e. The Morgan fingerprint density at radius 1 is 1.40 bits per heavy atom. The predicted molar refractivity (Wildman–Crippen MR) is 73.9 cm³/mol. The van der Waals surface area contributed by atoms with Gasteiger partial charge in [0.2, 0.25) is 5.78 Å². The molecule has 20 heavy (non-hydrogen) atoms. The molecule has 2 aliphatic carbocycles. The first-order valence-corrected chi connectivity index (χ1v) is 7.12. The van der Waals surface area contributed by atoms with Gasteiger partial charge in [-0.2, -0.15) is 0 Å². The van der Waals surface area contributed by atoms with Crippen molar-refractivity contribution in [3.63, 3.8) is 0 Å². The predicted octanol–water partition coefficient (Wildman–Crippen LogP) is 2.38. The molecule has 2 aliphatic rings. The maximum Gasteiger partial charge on any atom is 0.303 e. The minimum absolute atomic E-state index is 0.0193. The third kappa shape index (κ3) is 2.03. The van der Waals surface area contributed by atoms with Crippen LogP contribution in [0.1, 0.15) is 40.0 Å². The average Bonchev–Trinajstić information content (AvgIpc) is 2.44. The summed E-state index contributed by atoms with van der Waals surface area (Å²) < 4.78 is 5.39. The molecule has 0 amide bonds. The Labute approximate surface area is 118 Å². The maximum atomic E-state index is 12.8. The Balaban J connectivity index is 2.54. The van der Waals surface area contributed by atoms with Gasteiger partial charge in [0, 0.05) is 12.5 Å². The number of carbonyl (C=O) groups excluding carboxylic acids is 3. The van der Waals surface area contributed by atoms with Crippen LogP contribution in [0.25, 0.3) is 0 Å². The van der Waals surface area contributed by atoms with E-state index in [2.05, 4.69) is 0 Å². The summed E-state index contributed by atoms with van der Waals surface area (Å²) in [6.07, 6.45) is 6.76. The summed E-state index contributed by atoms with van der Waals surface area (Å²) in [6, 6.07) is 0. The van der Waals surface area contributed by atoms with Crippen molar-refractivity contribution in [2.75, 3.05) is 0 Å². The summed E-state index contributed by atoms with van der Waals surface area (Å²) >= 11 is 0. The largest absolute Gasteiger partial charge is 0.450 e. The lowest BCUT2D eigenvalue weighted by Crippen LogP contribution is -2.58. The molecular formula is C16H20O4. The molecule has 0 aromatic carbocycles.